The lowest BCUT2D eigenvalue weighted by atomic mass is 9.78. The number of aryl methyl sites for hydroxylation is 1. The third-order valence-corrected chi connectivity index (χ3v) is 5.42. The molecule has 3 nitrogen and oxygen atoms in total. The van der Waals surface area contributed by atoms with E-state index in [1.165, 1.54) is 37.1 Å². The van der Waals surface area contributed by atoms with Crippen molar-refractivity contribution in [3.63, 3.8) is 0 Å². The number of fused-ring (bicyclic) bond motifs is 1. The Morgan fingerprint density at radius 1 is 1.36 bits per heavy atom. The van der Waals surface area contributed by atoms with Crippen LogP contribution in [0, 0.1) is 18.8 Å². The number of ether oxygens (including phenoxy) is 1. The Labute approximate surface area is 134 Å². The summed E-state index contributed by atoms with van der Waals surface area (Å²) in [6.07, 6.45) is 2.66. The molecule has 3 atom stereocenters. The molecule has 0 saturated carbocycles. The summed E-state index contributed by atoms with van der Waals surface area (Å²) in [6, 6.07) is 6.43. The summed E-state index contributed by atoms with van der Waals surface area (Å²) in [5, 5.41) is 0. The number of rotatable bonds is 2. The molecule has 1 aromatic carbocycles. The van der Waals surface area contributed by atoms with E-state index < -0.39 is 0 Å². The number of hydrogen-bond donors (Lipinski definition) is 1. The van der Waals surface area contributed by atoms with Crippen LogP contribution in [0.25, 0.3) is 0 Å². The third-order valence-electron chi connectivity index (χ3n) is 5.42. The van der Waals surface area contributed by atoms with Gasteiger partial charge in [-0.2, -0.15) is 0 Å². The Bertz CT molecular complexity index is 540. The molecule has 0 spiro atoms. The average Bonchev–Trinajstić information content (AvgIpc) is 2.44. The van der Waals surface area contributed by atoms with Crippen molar-refractivity contribution in [2.24, 2.45) is 17.6 Å². The maximum absolute atomic E-state index is 6.68. The van der Waals surface area contributed by atoms with Crippen LogP contribution in [0.15, 0.2) is 18.2 Å². The lowest BCUT2D eigenvalue weighted by molar-refractivity contribution is -0.0121. The minimum atomic E-state index is -0.220. The first-order valence-electron chi connectivity index (χ1n) is 8.64. The molecule has 3 rings (SSSR count). The van der Waals surface area contributed by atoms with E-state index in [4.69, 9.17) is 10.5 Å². The quantitative estimate of drug-likeness (QED) is 0.908. The van der Waals surface area contributed by atoms with Gasteiger partial charge >= 0.3 is 0 Å². The van der Waals surface area contributed by atoms with Crippen LogP contribution >= 0.6 is 0 Å². The summed E-state index contributed by atoms with van der Waals surface area (Å²) in [7, 11) is 0. The van der Waals surface area contributed by atoms with Gasteiger partial charge < -0.3 is 15.4 Å². The molecule has 0 bridgehead atoms. The third kappa shape index (κ3) is 3.02. The number of benzene rings is 1. The van der Waals surface area contributed by atoms with Crippen molar-refractivity contribution in [1.29, 1.82) is 0 Å². The first-order chi connectivity index (χ1) is 10.4. The molecule has 1 fully saturated rings. The number of nitrogens with zero attached hydrogens (tertiary/aromatic N) is 1. The van der Waals surface area contributed by atoms with Gasteiger partial charge in [-0.15, -0.1) is 0 Å². The molecular formula is C19H30N2O. The molecule has 0 radical (unpaired) electrons. The van der Waals surface area contributed by atoms with Gasteiger partial charge in [0, 0.05) is 30.6 Å². The summed E-state index contributed by atoms with van der Waals surface area (Å²) in [6.45, 7) is 12.3. The van der Waals surface area contributed by atoms with Crippen LogP contribution in [0.4, 0.5) is 0 Å². The molecule has 0 aliphatic carbocycles. The van der Waals surface area contributed by atoms with E-state index in [0.29, 0.717) is 5.92 Å². The molecular weight excluding hydrogens is 272 g/mol. The Morgan fingerprint density at radius 3 is 2.86 bits per heavy atom. The molecule has 3 heteroatoms. The highest BCUT2D eigenvalue weighted by Crippen LogP contribution is 2.43. The Kier molecular flexibility index (Phi) is 4.21. The number of likely N-dealkylation sites (tertiary alicyclic amines) is 1. The summed E-state index contributed by atoms with van der Waals surface area (Å²) in [4.78, 5) is 2.59. The molecule has 0 aromatic heterocycles. The van der Waals surface area contributed by atoms with E-state index in [0.717, 1.165) is 18.2 Å². The Balaban J connectivity index is 1.83. The van der Waals surface area contributed by atoms with Crippen molar-refractivity contribution < 1.29 is 4.74 Å². The van der Waals surface area contributed by atoms with E-state index in [1.54, 1.807) is 0 Å². The van der Waals surface area contributed by atoms with Crippen molar-refractivity contribution in [2.75, 3.05) is 19.6 Å². The second-order valence-corrected chi connectivity index (χ2v) is 7.89. The highest BCUT2D eigenvalue weighted by Gasteiger charge is 2.43. The largest absolute Gasteiger partial charge is 0.487 e. The second-order valence-electron chi connectivity index (χ2n) is 7.89. The lowest BCUT2D eigenvalue weighted by Crippen LogP contribution is -2.53. The summed E-state index contributed by atoms with van der Waals surface area (Å²) < 4.78 is 6.32. The van der Waals surface area contributed by atoms with Crippen LogP contribution < -0.4 is 10.5 Å². The van der Waals surface area contributed by atoms with Crippen molar-refractivity contribution in [3.8, 4) is 5.75 Å². The Morgan fingerprint density at radius 2 is 2.14 bits per heavy atom. The van der Waals surface area contributed by atoms with Crippen LogP contribution in [-0.2, 0) is 0 Å². The monoisotopic (exact) mass is 302 g/mol. The predicted molar refractivity (Wildman–Crippen MR) is 91.1 cm³/mol. The number of piperidine rings is 1. The fourth-order valence-corrected chi connectivity index (χ4v) is 4.09. The fourth-order valence-electron chi connectivity index (χ4n) is 4.09. The minimum Gasteiger partial charge on any atom is -0.487 e. The highest BCUT2D eigenvalue weighted by molar-refractivity contribution is 5.42. The van der Waals surface area contributed by atoms with E-state index >= 15 is 0 Å². The molecule has 1 saturated heterocycles. The van der Waals surface area contributed by atoms with Crippen molar-refractivity contribution in [2.45, 2.75) is 52.2 Å². The standard InChI is InChI=1S/C19H30N2O/c1-13-7-8-17-15(10-13)18(20)16(19(3,4)22-17)12-21-9-5-6-14(2)11-21/h7-8,10,14,16,18H,5-6,9,11-12,20H2,1-4H3. The second kappa shape index (κ2) is 5.86. The van der Waals surface area contributed by atoms with Crippen LogP contribution in [0.5, 0.6) is 5.75 Å². The summed E-state index contributed by atoms with van der Waals surface area (Å²) in [5.41, 5.74) is 8.89. The van der Waals surface area contributed by atoms with Gasteiger partial charge in [-0.3, -0.25) is 0 Å². The molecule has 0 amide bonds. The SMILES string of the molecule is Cc1ccc2c(c1)C(N)C(CN1CCCC(C)C1)C(C)(C)O2. The van der Waals surface area contributed by atoms with Crippen LogP contribution in [0.2, 0.25) is 0 Å². The molecule has 3 unspecified atom stereocenters. The van der Waals surface area contributed by atoms with Gasteiger partial charge in [0.25, 0.3) is 0 Å². The van der Waals surface area contributed by atoms with Gasteiger partial charge in [0.2, 0.25) is 0 Å². The van der Waals surface area contributed by atoms with Crippen molar-refractivity contribution in [3.05, 3.63) is 29.3 Å². The maximum Gasteiger partial charge on any atom is 0.124 e. The summed E-state index contributed by atoms with van der Waals surface area (Å²) >= 11 is 0. The fraction of sp³-hybridized carbons (Fsp3) is 0.684. The smallest absolute Gasteiger partial charge is 0.124 e. The van der Waals surface area contributed by atoms with E-state index in [9.17, 15) is 0 Å². The summed E-state index contributed by atoms with van der Waals surface area (Å²) in [5.74, 6) is 2.09. The van der Waals surface area contributed by atoms with Gasteiger partial charge in [0.15, 0.2) is 0 Å². The molecule has 2 N–H and O–H groups in total. The molecule has 22 heavy (non-hydrogen) atoms. The topological polar surface area (TPSA) is 38.5 Å². The molecule has 2 aliphatic rings. The number of nitrogens with two attached hydrogens (primary N) is 1. The maximum atomic E-state index is 6.68. The predicted octanol–water partition coefficient (Wildman–Crippen LogP) is 3.51. The zero-order valence-electron chi connectivity index (χ0n) is 14.4. The molecule has 2 aliphatic heterocycles. The molecule has 2 heterocycles. The van der Waals surface area contributed by atoms with Crippen molar-refractivity contribution >= 4 is 0 Å². The zero-order chi connectivity index (χ0) is 15.9. The van der Waals surface area contributed by atoms with Crippen LogP contribution in [-0.4, -0.2) is 30.1 Å². The first kappa shape index (κ1) is 15.8. The van der Waals surface area contributed by atoms with E-state index in [-0.39, 0.29) is 11.6 Å². The average molecular weight is 302 g/mol. The normalized spacial score (nSPS) is 31.4. The van der Waals surface area contributed by atoms with Gasteiger partial charge in [-0.25, -0.2) is 0 Å². The molecule has 122 valence electrons. The van der Waals surface area contributed by atoms with Crippen LogP contribution in [0.1, 0.15) is 50.8 Å². The zero-order valence-corrected chi connectivity index (χ0v) is 14.4. The van der Waals surface area contributed by atoms with Gasteiger partial charge in [0.1, 0.15) is 11.4 Å². The van der Waals surface area contributed by atoms with Crippen LogP contribution in [0.3, 0.4) is 0 Å². The first-order valence-corrected chi connectivity index (χ1v) is 8.64. The minimum absolute atomic E-state index is 0.0517. The van der Waals surface area contributed by atoms with Gasteiger partial charge in [-0.05, 0) is 52.1 Å². The van der Waals surface area contributed by atoms with Crippen molar-refractivity contribution in [1.82, 2.24) is 4.90 Å². The Hall–Kier alpha value is -1.06. The van der Waals surface area contributed by atoms with E-state index in [2.05, 4.69) is 50.8 Å². The molecule has 1 aromatic rings. The highest BCUT2D eigenvalue weighted by atomic mass is 16.5. The van der Waals surface area contributed by atoms with Gasteiger partial charge in [-0.1, -0.05) is 24.6 Å². The van der Waals surface area contributed by atoms with E-state index in [1.807, 2.05) is 0 Å². The number of hydrogen-bond acceptors (Lipinski definition) is 3. The lowest BCUT2D eigenvalue weighted by Gasteiger charge is -2.46. The van der Waals surface area contributed by atoms with Gasteiger partial charge in [0.05, 0.1) is 0 Å².